The van der Waals surface area contributed by atoms with Gasteiger partial charge in [-0.25, -0.2) is 0 Å². The molecular formula is C13H29NO. The van der Waals surface area contributed by atoms with Crippen molar-refractivity contribution in [2.45, 2.75) is 66.3 Å². The fourth-order valence-electron chi connectivity index (χ4n) is 0.943. The molecule has 0 aromatic heterocycles. The van der Waals surface area contributed by atoms with Crippen LogP contribution >= 0.6 is 0 Å². The quantitative estimate of drug-likeness (QED) is 0.521. The molecule has 1 N–H and O–H groups in total. The monoisotopic (exact) mass is 215 g/mol. The van der Waals surface area contributed by atoms with Crippen molar-refractivity contribution in [2.24, 2.45) is 5.92 Å². The maximum absolute atomic E-state index is 9.50. The van der Waals surface area contributed by atoms with E-state index in [1.165, 1.54) is 32.2 Å². The first-order valence-electron chi connectivity index (χ1n) is 6.23. The Morgan fingerprint density at radius 3 is 1.93 bits per heavy atom. The van der Waals surface area contributed by atoms with Gasteiger partial charge in [0.25, 0.3) is 0 Å². The number of nitrogens with one attached hydrogen (secondary N) is 1. The molecule has 0 spiro atoms. The first-order chi connectivity index (χ1) is 7.04. The third-order valence-corrected chi connectivity index (χ3v) is 1.86. The van der Waals surface area contributed by atoms with Gasteiger partial charge in [0.15, 0.2) is 0 Å². The van der Waals surface area contributed by atoms with Crippen molar-refractivity contribution in [1.29, 1.82) is 0 Å². The molecule has 0 radical (unpaired) electrons. The van der Waals surface area contributed by atoms with Gasteiger partial charge < -0.3 is 10.1 Å². The Labute approximate surface area is 95.8 Å². The Balaban J connectivity index is 0. The number of unbranched alkanes of at least 4 members (excludes halogenated alkanes) is 3. The molecule has 2 nitrogen and oxygen atoms in total. The summed E-state index contributed by atoms with van der Waals surface area (Å²) in [7, 11) is 0. The first kappa shape index (κ1) is 17.0. The predicted molar refractivity (Wildman–Crippen MR) is 68.2 cm³/mol. The maximum Gasteiger partial charge on any atom is 0.122 e. The van der Waals surface area contributed by atoms with Crippen molar-refractivity contribution in [1.82, 2.24) is 5.32 Å². The van der Waals surface area contributed by atoms with E-state index < -0.39 is 0 Å². The predicted octanol–water partition coefficient (Wildman–Crippen LogP) is 3.41. The maximum atomic E-state index is 9.50. The number of hydrogen-bond donors (Lipinski definition) is 1. The van der Waals surface area contributed by atoms with Gasteiger partial charge in [0.2, 0.25) is 0 Å². The number of hydrogen-bond acceptors (Lipinski definition) is 2. The summed E-state index contributed by atoms with van der Waals surface area (Å²) in [6.45, 7) is 11.5. The topological polar surface area (TPSA) is 29.1 Å². The molecule has 0 fully saturated rings. The van der Waals surface area contributed by atoms with Crippen LogP contribution in [0.3, 0.4) is 0 Å². The highest BCUT2D eigenvalue weighted by Crippen LogP contribution is 1.97. The van der Waals surface area contributed by atoms with Gasteiger partial charge in [-0.2, -0.15) is 0 Å². The second-order valence-electron chi connectivity index (χ2n) is 4.55. The molecule has 0 aromatic carbocycles. The van der Waals surface area contributed by atoms with Crippen molar-refractivity contribution < 1.29 is 4.79 Å². The summed E-state index contributed by atoms with van der Waals surface area (Å²) < 4.78 is 0. The van der Waals surface area contributed by atoms with E-state index in [4.69, 9.17) is 0 Å². The van der Waals surface area contributed by atoms with Crippen LogP contribution < -0.4 is 5.32 Å². The van der Waals surface area contributed by atoms with Gasteiger partial charge in [0.1, 0.15) is 6.29 Å². The van der Waals surface area contributed by atoms with Crippen LogP contribution in [0.1, 0.15) is 60.3 Å². The fourth-order valence-corrected chi connectivity index (χ4v) is 0.943. The molecule has 0 atom stereocenters. The Kier molecular flexibility index (Phi) is 15.5. The van der Waals surface area contributed by atoms with Crippen molar-refractivity contribution in [3.8, 4) is 0 Å². The van der Waals surface area contributed by atoms with E-state index in [1.807, 2.05) is 13.8 Å². The third-order valence-electron chi connectivity index (χ3n) is 1.86. The Hall–Kier alpha value is -0.370. The minimum atomic E-state index is 0.204. The van der Waals surface area contributed by atoms with Crippen LogP contribution in [0.4, 0.5) is 0 Å². The summed E-state index contributed by atoms with van der Waals surface area (Å²) in [6.07, 6.45) is 6.36. The van der Waals surface area contributed by atoms with Gasteiger partial charge in [-0.15, -0.1) is 0 Å². The largest absolute Gasteiger partial charge is 0.315 e. The molecule has 0 rings (SSSR count). The van der Waals surface area contributed by atoms with Crippen molar-refractivity contribution in [3.05, 3.63) is 0 Å². The van der Waals surface area contributed by atoms with Crippen molar-refractivity contribution in [3.63, 3.8) is 0 Å². The SMILES string of the molecule is CC(C)C=O.CCCCCCNC(C)C. The standard InChI is InChI=1S/C9H21N.C4H8O/c1-4-5-6-7-8-10-9(2)3;1-4(2)3-5/h9-10H,4-8H2,1-3H3;3-4H,1-2H3. The number of carbonyl (C=O) groups excluding carboxylic acids is 1. The highest BCUT2D eigenvalue weighted by atomic mass is 16.1. The molecule has 0 saturated carbocycles. The van der Waals surface area contributed by atoms with E-state index in [1.54, 1.807) is 0 Å². The lowest BCUT2D eigenvalue weighted by Crippen LogP contribution is -2.23. The van der Waals surface area contributed by atoms with Crippen LogP contribution in [0, 0.1) is 5.92 Å². The number of aldehydes is 1. The van der Waals surface area contributed by atoms with E-state index in [0.29, 0.717) is 6.04 Å². The van der Waals surface area contributed by atoms with E-state index in [0.717, 1.165) is 6.29 Å². The van der Waals surface area contributed by atoms with E-state index in [2.05, 4.69) is 26.1 Å². The first-order valence-corrected chi connectivity index (χ1v) is 6.23. The van der Waals surface area contributed by atoms with Gasteiger partial charge in [-0.1, -0.05) is 53.9 Å². The average molecular weight is 215 g/mol. The number of rotatable bonds is 7. The zero-order chi connectivity index (χ0) is 12.1. The lowest BCUT2D eigenvalue weighted by Gasteiger charge is -2.06. The van der Waals surface area contributed by atoms with Gasteiger partial charge in [0.05, 0.1) is 0 Å². The Morgan fingerprint density at radius 2 is 1.60 bits per heavy atom. The van der Waals surface area contributed by atoms with Crippen LogP contribution in [-0.4, -0.2) is 18.9 Å². The van der Waals surface area contributed by atoms with Crippen LogP contribution in [-0.2, 0) is 4.79 Å². The van der Waals surface area contributed by atoms with E-state index in [9.17, 15) is 4.79 Å². The van der Waals surface area contributed by atoms with E-state index in [-0.39, 0.29) is 5.92 Å². The second-order valence-corrected chi connectivity index (χ2v) is 4.55. The lowest BCUT2D eigenvalue weighted by atomic mass is 10.2. The molecule has 15 heavy (non-hydrogen) atoms. The molecule has 0 aliphatic rings. The second kappa shape index (κ2) is 13.6. The molecule has 0 heterocycles. The van der Waals surface area contributed by atoms with Crippen LogP contribution in [0.15, 0.2) is 0 Å². The normalized spacial score (nSPS) is 10.1. The molecule has 0 aliphatic carbocycles. The summed E-state index contributed by atoms with van der Waals surface area (Å²) in [5, 5.41) is 3.40. The molecule has 0 saturated heterocycles. The highest BCUT2D eigenvalue weighted by molar-refractivity contribution is 5.51. The molecule has 92 valence electrons. The lowest BCUT2D eigenvalue weighted by molar-refractivity contribution is -0.110. The van der Waals surface area contributed by atoms with Crippen molar-refractivity contribution >= 4 is 6.29 Å². The van der Waals surface area contributed by atoms with Gasteiger partial charge in [-0.05, 0) is 13.0 Å². The van der Waals surface area contributed by atoms with Crippen LogP contribution in [0.2, 0.25) is 0 Å². The summed E-state index contributed by atoms with van der Waals surface area (Å²) >= 11 is 0. The zero-order valence-electron chi connectivity index (χ0n) is 11.2. The molecule has 0 unspecified atom stereocenters. The van der Waals surface area contributed by atoms with Crippen molar-refractivity contribution in [2.75, 3.05) is 6.54 Å². The molecule has 0 aliphatic heterocycles. The molecular weight excluding hydrogens is 186 g/mol. The summed E-state index contributed by atoms with van der Waals surface area (Å²) in [6, 6.07) is 0.654. The molecule has 0 bridgehead atoms. The highest BCUT2D eigenvalue weighted by Gasteiger charge is 1.90. The summed E-state index contributed by atoms with van der Waals surface area (Å²) in [5.74, 6) is 0.204. The van der Waals surface area contributed by atoms with Crippen LogP contribution in [0.5, 0.6) is 0 Å². The minimum Gasteiger partial charge on any atom is -0.315 e. The fraction of sp³-hybridized carbons (Fsp3) is 0.923. The molecule has 2 heteroatoms. The Bertz CT molecular complexity index is 122. The van der Waals surface area contributed by atoms with E-state index >= 15 is 0 Å². The average Bonchev–Trinajstić information content (AvgIpc) is 2.18. The summed E-state index contributed by atoms with van der Waals surface area (Å²) in [5.41, 5.74) is 0. The third kappa shape index (κ3) is 24.8. The Morgan fingerprint density at radius 1 is 1.07 bits per heavy atom. The summed E-state index contributed by atoms with van der Waals surface area (Å²) in [4.78, 5) is 9.50. The smallest absolute Gasteiger partial charge is 0.122 e. The van der Waals surface area contributed by atoms with Gasteiger partial charge in [-0.3, -0.25) is 0 Å². The van der Waals surface area contributed by atoms with Crippen LogP contribution in [0.25, 0.3) is 0 Å². The molecule has 0 aromatic rings. The zero-order valence-corrected chi connectivity index (χ0v) is 11.2. The number of carbonyl (C=O) groups is 1. The minimum absolute atomic E-state index is 0.204. The molecule has 0 amide bonds. The van der Waals surface area contributed by atoms with Gasteiger partial charge in [0, 0.05) is 12.0 Å². The van der Waals surface area contributed by atoms with Gasteiger partial charge >= 0.3 is 0 Å².